The Hall–Kier alpha value is -0.800. The number of nitrogens with one attached hydrogen (secondary N) is 1. The Morgan fingerprint density at radius 2 is 2.16 bits per heavy atom. The van der Waals surface area contributed by atoms with Crippen molar-refractivity contribution >= 4 is 26.9 Å². The highest BCUT2D eigenvalue weighted by molar-refractivity contribution is 9.10. The van der Waals surface area contributed by atoms with Crippen LogP contribution < -0.4 is 5.32 Å². The van der Waals surface area contributed by atoms with Crippen molar-refractivity contribution in [2.24, 2.45) is 5.92 Å². The van der Waals surface area contributed by atoms with E-state index in [9.17, 15) is 0 Å². The predicted octanol–water partition coefficient (Wildman–Crippen LogP) is 4.82. The van der Waals surface area contributed by atoms with Crippen molar-refractivity contribution in [3.8, 4) is 0 Å². The van der Waals surface area contributed by atoms with Crippen molar-refractivity contribution in [3.63, 3.8) is 0 Å². The van der Waals surface area contributed by atoms with Crippen molar-refractivity contribution in [1.29, 1.82) is 0 Å². The molecule has 3 heteroatoms. The lowest BCUT2D eigenvalue weighted by atomic mass is 10.1. The lowest BCUT2D eigenvalue weighted by Crippen LogP contribution is -2.19. The summed E-state index contributed by atoms with van der Waals surface area (Å²) in [6, 6.07) is 6.33. The molecule has 1 aromatic heterocycles. The molecular formula is C16H20BrNO. The highest BCUT2D eigenvalue weighted by atomic mass is 79.9. The average molecular weight is 322 g/mol. The van der Waals surface area contributed by atoms with Crippen LogP contribution in [-0.4, -0.2) is 6.54 Å². The third-order valence-electron chi connectivity index (χ3n) is 3.61. The third kappa shape index (κ3) is 2.72. The van der Waals surface area contributed by atoms with Crippen LogP contribution in [0.5, 0.6) is 0 Å². The quantitative estimate of drug-likeness (QED) is 0.854. The molecule has 1 fully saturated rings. The van der Waals surface area contributed by atoms with Crippen LogP contribution in [0.1, 0.15) is 43.9 Å². The van der Waals surface area contributed by atoms with Crippen molar-refractivity contribution in [3.05, 3.63) is 34.0 Å². The maximum atomic E-state index is 6.10. The Bertz CT molecular complexity index is 584. The molecule has 0 unspecified atom stereocenters. The Kier molecular flexibility index (Phi) is 3.68. The fourth-order valence-electron chi connectivity index (χ4n) is 2.58. The lowest BCUT2D eigenvalue weighted by Gasteiger charge is -2.06. The maximum absolute atomic E-state index is 6.10. The summed E-state index contributed by atoms with van der Waals surface area (Å²) in [6.07, 6.45) is 2.61. The highest BCUT2D eigenvalue weighted by Crippen LogP contribution is 2.47. The first-order valence-electron chi connectivity index (χ1n) is 7.07. The molecule has 1 N–H and O–H groups in total. The van der Waals surface area contributed by atoms with Crippen molar-refractivity contribution in [1.82, 2.24) is 5.32 Å². The molecule has 3 rings (SSSR count). The van der Waals surface area contributed by atoms with Crippen LogP contribution in [0, 0.1) is 5.92 Å². The van der Waals surface area contributed by atoms with Gasteiger partial charge in [-0.2, -0.15) is 0 Å². The molecule has 1 aliphatic rings. The van der Waals surface area contributed by atoms with Crippen LogP contribution >= 0.6 is 15.9 Å². The molecule has 0 atom stereocenters. The molecule has 2 nitrogen and oxygen atoms in total. The minimum absolute atomic E-state index is 0.667. The number of fused-ring (bicyclic) bond motifs is 1. The minimum Gasteiger partial charge on any atom is -0.458 e. The smallest absolute Gasteiger partial charge is 0.148 e. The molecule has 102 valence electrons. The zero-order chi connectivity index (χ0) is 13.4. The minimum atomic E-state index is 0.667. The average Bonchev–Trinajstić information content (AvgIpc) is 3.11. The lowest BCUT2D eigenvalue weighted by molar-refractivity contribution is 0.480. The van der Waals surface area contributed by atoms with Gasteiger partial charge in [0.2, 0.25) is 0 Å². The second-order valence-corrected chi connectivity index (χ2v) is 6.71. The van der Waals surface area contributed by atoms with Crippen LogP contribution in [0.25, 0.3) is 11.0 Å². The third-order valence-corrected chi connectivity index (χ3v) is 4.23. The molecule has 1 aromatic carbocycles. The van der Waals surface area contributed by atoms with E-state index in [2.05, 4.69) is 47.2 Å². The van der Waals surface area contributed by atoms with Crippen molar-refractivity contribution in [2.45, 2.75) is 39.2 Å². The van der Waals surface area contributed by atoms with E-state index in [0.29, 0.717) is 11.8 Å². The maximum Gasteiger partial charge on any atom is 0.148 e. The van der Waals surface area contributed by atoms with Crippen LogP contribution in [0.4, 0.5) is 0 Å². The van der Waals surface area contributed by atoms with E-state index in [-0.39, 0.29) is 0 Å². The molecule has 0 radical (unpaired) electrons. The summed E-state index contributed by atoms with van der Waals surface area (Å²) in [7, 11) is 0. The fraction of sp³-hybridized carbons (Fsp3) is 0.500. The molecule has 1 heterocycles. The summed E-state index contributed by atoms with van der Waals surface area (Å²) < 4.78 is 7.16. The number of para-hydroxylation sites is 1. The van der Waals surface area contributed by atoms with Gasteiger partial charge in [0.05, 0.1) is 11.0 Å². The molecule has 2 aromatic rings. The summed E-state index contributed by atoms with van der Waals surface area (Å²) in [6.45, 7) is 6.32. The summed E-state index contributed by atoms with van der Waals surface area (Å²) in [5.41, 5.74) is 2.44. The zero-order valence-corrected chi connectivity index (χ0v) is 13.1. The van der Waals surface area contributed by atoms with Gasteiger partial charge >= 0.3 is 0 Å². The Labute approximate surface area is 122 Å². The normalized spacial score (nSPS) is 15.6. The van der Waals surface area contributed by atoms with E-state index in [4.69, 9.17) is 4.42 Å². The van der Waals surface area contributed by atoms with Gasteiger partial charge in [-0.05, 0) is 53.2 Å². The van der Waals surface area contributed by atoms with Gasteiger partial charge in [-0.3, -0.25) is 0 Å². The summed E-state index contributed by atoms with van der Waals surface area (Å²) in [5, 5.41) is 4.79. The van der Waals surface area contributed by atoms with E-state index in [0.717, 1.165) is 28.9 Å². The number of rotatable bonds is 5. The van der Waals surface area contributed by atoms with Gasteiger partial charge in [-0.15, -0.1) is 0 Å². The standard InChI is InChI=1S/C16H20BrNO/c1-10(2)8-18-9-14-15(11-6-7-11)12-4-3-5-13(17)16(12)19-14/h3-5,10-11,18H,6-9H2,1-2H3. The monoisotopic (exact) mass is 321 g/mol. The summed E-state index contributed by atoms with van der Waals surface area (Å²) >= 11 is 3.59. The first-order valence-corrected chi connectivity index (χ1v) is 7.86. The van der Waals surface area contributed by atoms with Crippen LogP contribution in [-0.2, 0) is 6.54 Å². The van der Waals surface area contributed by atoms with E-state index in [1.807, 2.05) is 6.07 Å². The first kappa shape index (κ1) is 13.2. The van der Waals surface area contributed by atoms with E-state index in [1.54, 1.807) is 0 Å². The fourth-order valence-corrected chi connectivity index (χ4v) is 3.03. The zero-order valence-electron chi connectivity index (χ0n) is 11.5. The molecule has 0 bridgehead atoms. The molecule has 0 aliphatic heterocycles. The summed E-state index contributed by atoms with van der Waals surface area (Å²) in [4.78, 5) is 0. The Morgan fingerprint density at radius 1 is 1.37 bits per heavy atom. The van der Waals surface area contributed by atoms with E-state index < -0.39 is 0 Å². The molecule has 0 spiro atoms. The number of furan rings is 1. The summed E-state index contributed by atoms with van der Waals surface area (Å²) in [5.74, 6) is 2.51. The number of halogens is 1. The molecule has 1 saturated carbocycles. The number of hydrogen-bond donors (Lipinski definition) is 1. The van der Waals surface area contributed by atoms with Gasteiger partial charge in [-0.25, -0.2) is 0 Å². The van der Waals surface area contributed by atoms with Crippen LogP contribution in [0.15, 0.2) is 27.1 Å². The largest absolute Gasteiger partial charge is 0.458 e. The first-order chi connectivity index (χ1) is 9.16. The van der Waals surface area contributed by atoms with Gasteiger partial charge in [0.15, 0.2) is 0 Å². The van der Waals surface area contributed by atoms with Gasteiger partial charge in [-0.1, -0.05) is 26.0 Å². The Morgan fingerprint density at radius 3 is 2.84 bits per heavy atom. The topological polar surface area (TPSA) is 25.2 Å². The van der Waals surface area contributed by atoms with Gasteiger partial charge in [0, 0.05) is 10.9 Å². The number of hydrogen-bond acceptors (Lipinski definition) is 2. The second-order valence-electron chi connectivity index (χ2n) is 5.85. The van der Waals surface area contributed by atoms with E-state index in [1.165, 1.54) is 23.8 Å². The molecule has 1 aliphatic carbocycles. The van der Waals surface area contributed by atoms with Gasteiger partial charge in [0.25, 0.3) is 0 Å². The number of benzene rings is 1. The SMILES string of the molecule is CC(C)CNCc1oc2c(Br)cccc2c1C1CC1. The van der Waals surface area contributed by atoms with E-state index >= 15 is 0 Å². The molecule has 0 saturated heterocycles. The second kappa shape index (κ2) is 5.29. The molecule has 0 amide bonds. The van der Waals surface area contributed by atoms with Crippen molar-refractivity contribution in [2.75, 3.05) is 6.54 Å². The van der Waals surface area contributed by atoms with Gasteiger partial charge < -0.3 is 9.73 Å². The molecule has 19 heavy (non-hydrogen) atoms. The predicted molar refractivity (Wildman–Crippen MR) is 82.4 cm³/mol. The van der Waals surface area contributed by atoms with Crippen molar-refractivity contribution < 1.29 is 4.42 Å². The molecular weight excluding hydrogens is 302 g/mol. The highest BCUT2D eigenvalue weighted by Gasteiger charge is 2.31. The van der Waals surface area contributed by atoms with Crippen LogP contribution in [0.3, 0.4) is 0 Å². The van der Waals surface area contributed by atoms with Crippen LogP contribution in [0.2, 0.25) is 0 Å². The Balaban J connectivity index is 1.93. The van der Waals surface area contributed by atoms with Gasteiger partial charge in [0.1, 0.15) is 11.3 Å².